The van der Waals surface area contributed by atoms with Crippen LogP contribution in [-0.2, 0) is 0 Å². The zero-order valence-electron chi connectivity index (χ0n) is 5.68. The van der Waals surface area contributed by atoms with Gasteiger partial charge in [0.15, 0.2) is 0 Å². The Hall–Kier alpha value is -1.02. The monoisotopic (exact) mass is 112 g/mol. The van der Waals surface area contributed by atoms with E-state index >= 15 is 0 Å². The molecule has 0 spiro atoms. The van der Waals surface area contributed by atoms with Crippen molar-refractivity contribution in [1.82, 2.24) is 0 Å². The van der Waals surface area contributed by atoms with Crippen LogP contribution in [-0.4, -0.2) is 0 Å². The number of rotatable bonds is 0. The summed E-state index contributed by atoms with van der Waals surface area (Å²) < 4.78 is 0. The highest BCUT2D eigenvalue weighted by atomic mass is 14.2. The summed E-state index contributed by atoms with van der Waals surface area (Å²) in [6, 6.07) is 1.75. The van der Waals surface area contributed by atoms with Crippen molar-refractivity contribution < 1.29 is 0 Å². The maximum absolute atomic E-state index is 7.32. The number of nitriles is 2. The molecule has 0 bridgehead atoms. The first kappa shape index (κ1) is 15.8. The molecule has 0 atom stereocenters. The molecule has 0 aliphatic heterocycles. The van der Waals surface area contributed by atoms with Gasteiger partial charge in [0.1, 0.15) is 0 Å². The molecule has 0 saturated carbocycles. The molecule has 2 nitrogen and oxygen atoms in total. The van der Waals surface area contributed by atoms with Crippen LogP contribution in [0.15, 0.2) is 0 Å². The van der Waals surface area contributed by atoms with Crippen LogP contribution in [0.3, 0.4) is 0 Å². The highest BCUT2D eigenvalue weighted by molar-refractivity contribution is 4.51. The van der Waals surface area contributed by atoms with E-state index in [0.29, 0.717) is 0 Å². The summed E-state index contributed by atoms with van der Waals surface area (Å²) in [5, 5.41) is 13.8. The van der Waals surface area contributed by atoms with Gasteiger partial charge in [-0.2, -0.15) is 5.26 Å². The van der Waals surface area contributed by atoms with E-state index in [1.54, 1.807) is 6.07 Å². The molecule has 0 aromatic rings. The molecule has 0 radical (unpaired) electrons. The van der Waals surface area contributed by atoms with Crippen LogP contribution in [0.25, 0.3) is 0 Å². The summed E-state index contributed by atoms with van der Waals surface area (Å²) in [6.07, 6.45) is 1.25. The minimum atomic E-state index is 1.25. The smallest absolute Gasteiger partial charge is 0.0587 e. The maximum atomic E-state index is 7.32. The van der Waals surface area contributed by atoms with Crippen LogP contribution in [0, 0.1) is 23.2 Å². The molecule has 0 fully saturated rings. The molecule has 0 heterocycles. The molecule has 46 valence electrons. The minimum Gasteiger partial charge on any atom is -0.202 e. The zero-order chi connectivity index (χ0) is 7.41. The van der Waals surface area contributed by atoms with Crippen molar-refractivity contribution in [1.29, 1.82) is 10.5 Å². The Morgan fingerprint density at radius 3 is 1.38 bits per heavy atom. The normalized spacial score (nSPS) is 3.50. The molecule has 2 heteroatoms. The summed E-state index contributed by atoms with van der Waals surface area (Å²) in [5.74, 6) is 0. The van der Waals surface area contributed by atoms with Gasteiger partial charge in [-0.3, -0.25) is 0 Å². The molecular formula is C6H12N2. The third-order valence-electron chi connectivity index (χ3n) is 0. The van der Waals surface area contributed by atoms with Crippen LogP contribution in [0.1, 0.15) is 27.2 Å². The van der Waals surface area contributed by atoms with E-state index in [9.17, 15) is 0 Å². The average Bonchev–Trinajstić information content (AvgIpc) is 1.75. The molecule has 0 aliphatic carbocycles. The van der Waals surface area contributed by atoms with E-state index < -0.39 is 0 Å². The Morgan fingerprint density at radius 2 is 1.38 bits per heavy atom. The van der Waals surface area contributed by atoms with Crippen LogP contribution in [0.2, 0.25) is 0 Å². The van der Waals surface area contributed by atoms with E-state index in [0.717, 1.165) is 0 Å². The SMILES string of the molecule is C#N.CC#N.CCC. The molecule has 0 amide bonds. The Labute approximate surface area is 51.4 Å². The number of hydrogen-bond donors (Lipinski definition) is 0. The molecule has 0 aromatic heterocycles. The summed E-state index contributed by atoms with van der Waals surface area (Å²) >= 11 is 0. The van der Waals surface area contributed by atoms with Crippen LogP contribution in [0.4, 0.5) is 0 Å². The van der Waals surface area contributed by atoms with E-state index in [4.69, 9.17) is 10.5 Å². The van der Waals surface area contributed by atoms with Crippen LogP contribution >= 0.6 is 0 Å². The highest BCUT2D eigenvalue weighted by Gasteiger charge is 1.35. The van der Waals surface area contributed by atoms with Gasteiger partial charge in [-0.05, 0) is 0 Å². The molecule has 0 aromatic carbocycles. The van der Waals surface area contributed by atoms with Crippen molar-refractivity contribution in [3.05, 3.63) is 0 Å². The summed E-state index contributed by atoms with van der Waals surface area (Å²) in [6.45, 7) is 9.18. The summed E-state index contributed by atoms with van der Waals surface area (Å²) in [7, 11) is 0. The number of hydrogen-bond acceptors (Lipinski definition) is 2. The van der Waals surface area contributed by atoms with Gasteiger partial charge in [0.05, 0.1) is 6.07 Å². The highest BCUT2D eigenvalue weighted by Crippen LogP contribution is 1.56. The largest absolute Gasteiger partial charge is 0.202 e. The van der Waals surface area contributed by atoms with Crippen molar-refractivity contribution in [3.8, 4) is 12.6 Å². The summed E-state index contributed by atoms with van der Waals surface area (Å²) in [5.41, 5.74) is 0. The van der Waals surface area contributed by atoms with Crippen molar-refractivity contribution in [2.45, 2.75) is 27.2 Å². The fourth-order valence-electron chi connectivity index (χ4n) is 0. The van der Waals surface area contributed by atoms with Gasteiger partial charge < -0.3 is 0 Å². The summed E-state index contributed by atoms with van der Waals surface area (Å²) in [4.78, 5) is 0. The van der Waals surface area contributed by atoms with Crippen molar-refractivity contribution in [2.75, 3.05) is 0 Å². The van der Waals surface area contributed by atoms with E-state index in [2.05, 4.69) is 20.4 Å². The predicted molar refractivity (Wildman–Crippen MR) is 33.9 cm³/mol. The second-order valence-corrected chi connectivity index (χ2v) is 0.931. The maximum Gasteiger partial charge on any atom is 0.0587 e. The van der Waals surface area contributed by atoms with E-state index in [1.807, 2.05) is 0 Å². The lowest BCUT2D eigenvalue weighted by atomic mass is 10.6. The average molecular weight is 112 g/mol. The zero-order valence-corrected chi connectivity index (χ0v) is 5.68. The molecule has 0 N–H and O–H groups in total. The number of nitrogens with zero attached hydrogens (tertiary/aromatic N) is 2. The topological polar surface area (TPSA) is 47.6 Å². The molecule has 0 aliphatic rings. The molecule has 8 heavy (non-hydrogen) atoms. The molecular weight excluding hydrogens is 100 g/mol. The predicted octanol–water partition coefficient (Wildman–Crippen LogP) is 2.09. The van der Waals surface area contributed by atoms with Crippen molar-refractivity contribution in [2.24, 2.45) is 0 Å². The second kappa shape index (κ2) is 154. The van der Waals surface area contributed by atoms with Gasteiger partial charge in [-0.15, -0.1) is 0 Å². The van der Waals surface area contributed by atoms with Crippen LogP contribution in [0.5, 0.6) is 0 Å². The first-order valence-corrected chi connectivity index (χ1v) is 2.40. The van der Waals surface area contributed by atoms with Gasteiger partial charge in [-0.1, -0.05) is 20.3 Å². The second-order valence-electron chi connectivity index (χ2n) is 0.931. The van der Waals surface area contributed by atoms with Gasteiger partial charge in [0.2, 0.25) is 0 Å². The van der Waals surface area contributed by atoms with Gasteiger partial charge in [0.25, 0.3) is 0 Å². The van der Waals surface area contributed by atoms with Gasteiger partial charge >= 0.3 is 0 Å². The fraction of sp³-hybridized carbons (Fsp3) is 0.667. The molecule has 0 rings (SSSR count). The third kappa shape index (κ3) is 75.8. The lowest BCUT2D eigenvalue weighted by molar-refractivity contribution is 1.09. The Morgan fingerprint density at radius 1 is 1.38 bits per heavy atom. The molecule has 0 unspecified atom stereocenters. The molecule has 0 saturated heterocycles. The van der Waals surface area contributed by atoms with E-state index in [-0.39, 0.29) is 0 Å². The Balaban J connectivity index is -0.0000000483. The van der Waals surface area contributed by atoms with Gasteiger partial charge in [-0.25, -0.2) is 5.26 Å². The first-order chi connectivity index (χ1) is 3.83. The van der Waals surface area contributed by atoms with Crippen molar-refractivity contribution >= 4 is 0 Å². The van der Waals surface area contributed by atoms with Crippen LogP contribution < -0.4 is 0 Å². The Bertz CT molecular complexity index is 58.7. The third-order valence-corrected chi connectivity index (χ3v) is 0. The van der Waals surface area contributed by atoms with Gasteiger partial charge in [0, 0.05) is 13.5 Å². The standard InChI is InChI=1S/C3H8.C2H3N.CHN/c1-3-2;1-2-3;1-2/h3H2,1-2H3;1H3;1H. The van der Waals surface area contributed by atoms with E-state index in [1.165, 1.54) is 13.3 Å². The van der Waals surface area contributed by atoms with Crippen molar-refractivity contribution in [3.63, 3.8) is 0 Å². The Kier molecular flexibility index (Phi) is 304. The fourth-order valence-corrected chi connectivity index (χ4v) is 0. The lowest BCUT2D eigenvalue weighted by Gasteiger charge is -1.48. The minimum absolute atomic E-state index is 1.25. The first-order valence-electron chi connectivity index (χ1n) is 2.40. The lowest BCUT2D eigenvalue weighted by Crippen LogP contribution is -1.27. The quantitative estimate of drug-likeness (QED) is 0.481.